The maximum absolute atomic E-state index is 13.3. The molecule has 2 unspecified atom stereocenters. The average Bonchev–Trinajstić information content (AvgIpc) is 3.42. The van der Waals surface area contributed by atoms with Crippen LogP contribution in [0.5, 0.6) is 0 Å². The maximum Gasteiger partial charge on any atom is 0.258 e. The molecule has 0 bridgehead atoms. The number of piperidine rings is 1. The van der Waals surface area contributed by atoms with Crippen LogP contribution in [0.25, 0.3) is 0 Å². The summed E-state index contributed by atoms with van der Waals surface area (Å²) in [6.07, 6.45) is 6.73. The number of aryl methyl sites for hydroxylation is 3. The highest BCUT2D eigenvalue weighted by atomic mass is 19.3. The third-order valence-corrected chi connectivity index (χ3v) is 6.95. The van der Waals surface area contributed by atoms with Crippen LogP contribution in [0.1, 0.15) is 45.0 Å². The van der Waals surface area contributed by atoms with Gasteiger partial charge in [-0.15, -0.1) is 0 Å². The van der Waals surface area contributed by atoms with Gasteiger partial charge in [0.2, 0.25) is 0 Å². The van der Waals surface area contributed by atoms with E-state index >= 15 is 0 Å². The lowest BCUT2D eigenvalue weighted by Crippen LogP contribution is -2.28. The lowest BCUT2D eigenvalue weighted by molar-refractivity contribution is 0.0796. The number of alkyl halides is 2. The molecule has 6 rings (SSSR count). The Labute approximate surface area is 190 Å². The molecule has 3 aliphatic rings. The summed E-state index contributed by atoms with van der Waals surface area (Å²) >= 11 is 0. The first-order valence-electron chi connectivity index (χ1n) is 11.2. The van der Waals surface area contributed by atoms with Crippen molar-refractivity contribution in [3.05, 3.63) is 58.3 Å². The van der Waals surface area contributed by atoms with Crippen molar-refractivity contribution < 1.29 is 13.6 Å². The van der Waals surface area contributed by atoms with Gasteiger partial charge in [-0.1, -0.05) is 6.07 Å². The van der Waals surface area contributed by atoms with E-state index in [1.165, 1.54) is 42.4 Å². The van der Waals surface area contributed by atoms with Gasteiger partial charge < -0.3 is 10.6 Å². The summed E-state index contributed by atoms with van der Waals surface area (Å²) in [5.74, 6) is -3.30. The topological polar surface area (TPSA) is 106 Å². The number of hydrogen-bond acceptors (Lipinski definition) is 5. The SMILES string of the molecule is Cc1[nH]nc2c1CCC2.Cc1nc(N2CC3C(C2)C3(F)F)ccc1Cn1cc(C(N)=O)cn1. The van der Waals surface area contributed by atoms with Crippen LogP contribution in [0.4, 0.5) is 14.6 Å². The monoisotopic (exact) mass is 455 g/mol. The highest BCUT2D eigenvalue weighted by Crippen LogP contribution is 2.59. The molecular weight excluding hydrogens is 428 g/mol. The first-order valence-corrected chi connectivity index (χ1v) is 11.2. The van der Waals surface area contributed by atoms with E-state index < -0.39 is 23.7 Å². The molecule has 174 valence electrons. The zero-order valence-corrected chi connectivity index (χ0v) is 18.7. The van der Waals surface area contributed by atoms with Gasteiger partial charge in [0.15, 0.2) is 0 Å². The van der Waals surface area contributed by atoms with Crippen molar-refractivity contribution in [3.63, 3.8) is 0 Å². The summed E-state index contributed by atoms with van der Waals surface area (Å²) in [4.78, 5) is 17.6. The summed E-state index contributed by atoms with van der Waals surface area (Å²) in [7, 11) is 0. The Morgan fingerprint density at radius 2 is 2.00 bits per heavy atom. The molecule has 1 aliphatic heterocycles. The van der Waals surface area contributed by atoms with Crippen LogP contribution < -0.4 is 10.6 Å². The number of rotatable bonds is 4. The van der Waals surface area contributed by atoms with Gasteiger partial charge in [-0.3, -0.25) is 14.6 Å². The predicted octanol–water partition coefficient (Wildman–Crippen LogP) is 2.64. The molecule has 3 aromatic heterocycles. The number of pyridine rings is 1. The van der Waals surface area contributed by atoms with E-state index in [2.05, 4.69) is 27.2 Å². The molecule has 3 N–H and O–H groups in total. The number of fused-ring (bicyclic) bond motifs is 2. The van der Waals surface area contributed by atoms with Gasteiger partial charge in [-0.25, -0.2) is 13.8 Å². The number of aromatic nitrogens is 5. The van der Waals surface area contributed by atoms with Crippen molar-refractivity contribution in [3.8, 4) is 0 Å². The number of nitrogens with two attached hydrogens (primary N) is 1. The number of carbonyl (C=O) groups is 1. The smallest absolute Gasteiger partial charge is 0.258 e. The second-order valence-corrected chi connectivity index (χ2v) is 9.12. The quantitative estimate of drug-likeness (QED) is 0.629. The molecule has 1 amide bonds. The van der Waals surface area contributed by atoms with Crippen molar-refractivity contribution in [1.82, 2.24) is 25.0 Å². The van der Waals surface area contributed by atoms with Crippen molar-refractivity contribution in [2.75, 3.05) is 18.0 Å². The number of primary amides is 1. The largest absolute Gasteiger partial charge is 0.366 e. The van der Waals surface area contributed by atoms with Crippen molar-refractivity contribution in [2.24, 2.45) is 17.6 Å². The second-order valence-electron chi connectivity index (χ2n) is 9.12. The fourth-order valence-corrected chi connectivity index (χ4v) is 4.84. The Hall–Kier alpha value is -3.30. The summed E-state index contributed by atoms with van der Waals surface area (Å²) in [6, 6.07) is 3.77. The van der Waals surface area contributed by atoms with Gasteiger partial charge in [-0.2, -0.15) is 10.2 Å². The molecule has 10 heteroatoms. The van der Waals surface area contributed by atoms with Crippen LogP contribution in [0.3, 0.4) is 0 Å². The zero-order chi connectivity index (χ0) is 23.3. The molecule has 2 fully saturated rings. The summed E-state index contributed by atoms with van der Waals surface area (Å²) in [5, 5.41) is 11.3. The molecule has 8 nitrogen and oxygen atoms in total. The number of carbonyl (C=O) groups excluding carboxylic acids is 1. The van der Waals surface area contributed by atoms with Crippen LogP contribution in [0.15, 0.2) is 24.5 Å². The van der Waals surface area contributed by atoms with Crippen molar-refractivity contribution >= 4 is 11.7 Å². The second kappa shape index (κ2) is 7.93. The minimum atomic E-state index is -2.48. The fraction of sp³-hybridized carbons (Fsp3) is 0.478. The summed E-state index contributed by atoms with van der Waals surface area (Å²) in [5.41, 5.74) is 11.4. The number of nitrogens with zero attached hydrogens (tertiary/aromatic N) is 5. The fourth-order valence-electron chi connectivity index (χ4n) is 4.84. The van der Waals surface area contributed by atoms with Crippen LogP contribution >= 0.6 is 0 Å². The normalized spacial score (nSPS) is 21.9. The number of halogens is 2. The molecule has 33 heavy (non-hydrogen) atoms. The Kier molecular flexibility index (Phi) is 5.18. The van der Waals surface area contributed by atoms with E-state index in [1.54, 1.807) is 10.9 Å². The molecule has 4 heterocycles. The van der Waals surface area contributed by atoms with Crippen molar-refractivity contribution in [1.29, 1.82) is 0 Å². The van der Waals surface area contributed by atoms with Crippen LogP contribution in [0.2, 0.25) is 0 Å². The van der Waals surface area contributed by atoms with E-state index in [4.69, 9.17) is 5.73 Å². The van der Waals surface area contributed by atoms with Gasteiger partial charge in [-0.05, 0) is 50.3 Å². The van der Waals surface area contributed by atoms with Crippen LogP contribution in [-0.4, -0.2) is 49.9 Å². The first-order chi connectivity index (χ1) is 15.7. The van der Waals surface area contributed by atoms with E-state index in [9.17, 15) is 13.6 Å². The molecule has 0 spiro atoms. The average molecular weight is 456 g/mol. The third kappa shape index (κ3) is 3.98. The highest BCUT2D eigenvalue weighted by Gasteiger charge is 2.71. The van der Waals surface area contributed by atoms with E-state index in [1.807, 2.05) is 24.0 Å². The van der Waals surface area contributed by atoms with E-state index in [0.717, 1.165) is 17.1 Å². The van der Waals surface area contributed by atoms with Gasteiger partial charge in [0.05, 0.1) is 35.8 Å². The molecule has 0 radical (unpaired) electrons. The number of amides is 1. The highest BCUT2D eigenvalue weighted by molar-refractivity contribution is 5.92. The molecule has 3 aromatic rings. The minimum Gasteiger partial charge on any atom is -0.366 e. The Bertz CT molecular complexity index is 1190. The van der Waals surface area contributed by atoms with Gasteiger partial charge in [0.25, 0.3) is 11.8 Å². The molecule has 2 aliphatic carbocycles. The molecule has 1 saturated heterocycles. The maximum atomic E-state index is 13.3. The molecule has 1 saturated carbocycles. The summed E-state index contributed by atoms with van der Waals surface area (Å²) in [6.45, 7) is 5.17. The predicted molar refractivity (Wildman–Crippen MR) is 118 cm³/mol. The van der Waals surface area contributed by atoms with E-state index in [-0.39, 0.29) is 0 Å². The van der Waals surface area contributed by atoms with Gasteiger partial charge >= 0.3 is 0 Å². The number of anilines is 1. The summed E-state index contributed by atoms with van der Waals surface area (Å²) < 4.78 is 28.2. The number of H-pyrrole nitrogens is 1. The molecular formula is C23H27F2N7O. The minimum absolute atomic E-state index is 0.356. The lowest BCUT2D eigenvalue weighted by Gasteiger charge is -2.21. The Morgan fingerprint density at radius 3 is 2.64 bits per heavy atom. The van der Waals surface area contributed by atoms with Crippen LogP contribution in [-0.2, 0) is 19.4 Å². The van der Waals surface area contributed by atoms with Crippen LogP contribution in [0, 0.1) is 25.7 Å². The number of nitrogens with one attached hydrogen (secondary N) is 1. The van der Waals surface area contributed by atoms with Gasteiger partial charge in [0, 0.05) is 30.7 Å². The lowest BCUT2D eigenvalue weighted by atomic mass is 10.2. The third-order valence-electron chi connectivity index (χ3n) is 6.95. The van der Waals surface area contributed by atoms with E-state index in [0.29, 0.717) is 25.2 Å². The zero-order valence-electron chi connectivity index (χ0n) is 18.7. The molecule has 0 aromatic carbocycles. The first kappa shape index (κ1) is 21.5. The number of hydrogen-bond donors (Lipinski definition) is 2. The number of aromatic amines is 1. The van der Waals surface area contributed by atoms with Crippen molar-refractivity contribution in [2.45, 2.75) is 45.6 Å². The Balaban J connectivity index is 0.000000211. The standard InChI is InChI=1S/C16H17F2N5O.C7H10N2/c1-9-10(5-23-6-11(4-20-23)15(19)24)2-3-14(21-9)22-7-12-13(8-22)16(12,17)18;1-5-6-3-2-4-7(6)9-8-5/h2-4,6,12-13H,5,7-8H2,1H3,(H2,19,24);2-4H2,1H3,(H,8,9). The Morgan fingerprint density at radius 1 is 1.24 bits per heavy atom. The molecule has 2 atom stereocenters. The van der Waals surface area contributed by atoms with Gasteiger partial charge in [0.1, 0.15) is 5.82 Å².